The largest absolute Gasteiger partial charge is 0.359 e. The Hall–Kier alpha value is -5.52. The molecule has 0 amide bonds. The van der Waals surface area contributed by atoms with E-state index in [1.165, 1.54) is 12.1 Å². The van der Waals surface area contributed by atoms with Crippen molar-refractivity contribution < 1.29 is 19.8 Å². The van der Waals surface area contributed by atoms with Gasteiger partial charge in [0, 0.05) is 57.8 Å². The van der Waals surface area contributed by atoms with Crippen molar-refractivity contribution in [3.05, 3.63) is 104 Å². The van der Waals surface area contributed by atoms with E-state index in [0.717, 1.165) is 22.2 Å². The number of fused-ring (bicyclic) bond motifs is 2. The Balaban J connectivity index is 1.43. The van der Waals surface area contributed by atoms with Gasteiger partial charge >= 0.3 is 0 Å². The molecule has 0 aliphatic carbocycles. The first-order valence-electron chi connectivity index (χ1n) is 10.5. The molecule has 5 rings (SSSR count). The van der Waals surface area contributed by atoms with Crippen molar-refractivity contribution in [3.8, 4) is 11.5 Å². The molecule has 0 unspecified atom stereocenters. The molecule has 36 heavy (non-hydrogen) atoms. The number of aliphatic imine (C=N–C) groups is 2. The van der Waals surface area contributed by atoms with Crippen LogP contribution in [0.1, 0.15) is 11.1 Å². The molecule has 0 saturated heterocycles. The number of hydrogen-bond donors (Lipinski definition) is 2. The van der Waals surface area contributed by atoms with E-state index < -0.39 is 10.2 Å². The van der Waals surface area contributed by atoms with Gasteiger partial charge in [0.05, 0.1) is 11.4 Å². The van der Waals surface area contributed by atoms with Crippen LogP contribution in [0.5, 0.6) is 11.5 Å². The van der Waals surface area contributed by atoms with Crippen LogP contribution in [0.4, 0.5) is 11.4 Å². The third-order valence-electron chi connectivity index (χ3n) is 5.30. The quantitative estimate of drug-likeness (QED) is 0.173. The molecule has 0 bridgehead atoms. The summed E-state index contributed by atoms with van der Waals surface area (Å²) in [5.74, 6) is 0.197. The summed E-state index contributed by atoms with van der Waals surface area (Å²) >= 11 is 0. The third-order valence-corrected chi connectivity index (χ3v) is 5.30. The van der Waals surface area contributed by atoms with Crippen LogP contribution < -0.4 is 9.68 Å². The van der Waals surface area contributed by atoms with Gasteiger partial charge in [-0.3, -0.25) is 19.7 Å². The number of hydrogen-bond acceptors (Lipinski definition) is 8. The molecule has 0 radical (unpaired) electrons. The monoisotopic (exact) mass is 484 g/mol. The van der Waals surface area contributed by atoms with Crippen LogP contribution in [-0.2, 0) is 0 Å². The van der Waals surface area contributed by atoms with Crippen LogP contribution >= 0.6 is 0 Å². The Morgan fingerprint density at radius 2 is 1.14 bits per heavy atom. The molecule has 0 aliphatic heterocycles. The molecule has 12 nitrogen and oxygen atoms in total. The first kappa shape index (κ1) is 22.3. The lowest BCUT2D eigenvalue weighted by atomic mass is 10.1. The average Bonchev–Trinajstić information content (AvgIpc) is 3.44. The first-order chi connectivity index (χ1) is 17.5. The van der Waals surface area contributed by atoms with E-state index in [4.69, 9.17) is 0 Å². The van der Waals surface area contributed by atoms with Gasteiger partial charge in [-0.2, -0.15) is 0 Å². The standard InChI is InChI=1S/C24H16N6O6/c31-29(32)35-17-5-7-21-19(9-17)23(13-27-21)25-11-15-3-1-2-4-16(15)12-26-24-14-28-22-8-6-18(10-20(22)24)36-30(33)34/h1-14,27-28H. The predicted molar refractivity (Wildman–Crippen MR) is 133 cm³/mol. The fourth-order valence-electron chi connectivity index (χ4n) is 3.69. The number of H-pyrrole nitrogens is 2. The normalized spacial score (nSPS) is 11.6. The summed E-state index contributed by atoms with van der Waals surface area (Å²) in [5, 5.41) is 20.9. The van der Waals surface area contributed by atoms with Crippen molar-refractivity contribution in [2.24, 2.45) is 9.98 Å². The summed E-state index contributed by atoms with van der Waals surface area (Å²) in [4.78, 5) is 45.7. The Bertz CT molecular complexity index is 1550. The van der Waals surface area contributed by atoms with Gasteiger partial charge in [-0.15, -0.1) is 20.2 Å². The van der Waals surface area contributed by atoms with Crippen molar-refractivity contribution in [1.29, 1.82) is 0 Å². The van der Waals surface area contributed by atoms with Crippen LogP contribution in [0.25, 0.3) is 21.8 Å². The number of rotatable bonds is 8. The number of benzene rings is 3. The highest BCUT2D eigenvalue weighted by Gasteiger charge is 2.08. The van der Waals surface area contributed by atoms with Crippen LogP contribution in [-0.4, -0.2) is 32.6 Å². The number of aromatic nitrogens is 2. The molecular formula is C24H16N6O6. The maximum absolute atomic E-state index is 10.7. The first-order valence-corrected chi connectivity index (χ1v) is 10.5. The van der Waals surface area contributed by atoms with Crippen molar-refractivity contribution in [2.75, 3.05) is 0 Å². The molecular weight excluding hydrogens is 468 g/mol. The fraction of sp³-hybridized carbons (Fsp3) is 0. The molecule has 12 heteroatoms. The summed E-state index contributed by atoms with van der Waals surface area (Å²) < 4.78 is 0. The summed E-state index contributed by atoms with van der Waals surface area (Å²) in [6.45, 7) is 0. The molecule has 2 N–H and O–H groups in total. The van der Waals surface area contributed by atoms with Gasteiger partial charge in [-0.25, -0.2) is 0 Å². The van der Waals surface area contributed by atoms with Gasteiger partial charge in [0.25, 0.3) is 10.2 Å². The van der Waals surface area contributed by atoms with E-state index in [2.05, 4.69) is 29.6 Å². The van der Waals surface area contributed by atoms with E-state index in [9.17, 15) is 20.2 Å². The van der Waals surface area contributed by atoms with Crippen LogP contribution in [0.15, 0.2) is 83.0 Å². The minimum Gasteiger partial charge on any atom is -0.359 e. The zero-order valence-electron chi connectivity index (χ0n) is 18.3. The van der Waals surface area contributed by atoms with Gasteiger partial charge < -0.3 is 9.97 Å². The zero-order valence-corrected chi connectivity index (χ0v) is 18.3. The van der Waals surface area contributed by atoms with Crippen molar-refractivity contribution >= 4 is 45.6 Å². The van der Waals surface area contributed by atoms with Crippen LogP contribution in [0, 0.1) is 20.2 Å². The summed E-state index contributed by atoms with van der Waals surface area (Å²) in [5.41, 5.74) is 4.25. The van der Waals surface area contributed by atoms with Gasteiger partial charge in [0.1, 0.15) is 11.5 Å². The molecule has 0 atom stereocenters. The lowest BCUT2D eigenvalue weighted by Gasteiger charge is -2.01. The smallest absolute Gasteiger partial charge is 0.299 e. The van der Waals surface area contributed by atoms with E-state index >= 15 is 0 Å². The predicted octanol–water partition coefficient (Wildman–Crippen LogP) is 5.29. The number of nitrogens with zero attached hydrogens (tertiary/aromatic N) is 4. The molecule has 0 saturated carbocycles. The maximum atomic E-state index is 10.7. The average molecular weight is 484 g/mol. The summed E-state index contributed by atoms with van der Waals surface area (Å²) in [6.07, 6.45) is 6.74. The second-order valence-electron chi connectivity index (χ2n) is 7.54. The molecule has 2 heterocycles. The highest BCUT2D eigenvalue weighted by atomic mass is 17.0. The zero-order chi connectivity index (χ0) is 25.1. The second-order valence-corrected chi connectivity index (χ2v) is 7.54. The molecule has 0 aliphatic rings. The second kappa shape index (κ2) is 9.38. The summed E-state index contributed by atoms with van der Waals surface area (Å²) in [7, 11) is 0. The van der Waals surface area contributed by atoms with Gasteiger partial charge in [-0.05, 0) is 36.4 Å². The Morgan fingerprint density at radius 1 is 0.694 bits per heavy atom. The van der Waals surface area contributed by atoms with E-state index in [0.29, 0.717) is 22.1 Å². The van der Waals surface area contributed by atoms with Gasteiger partial charge in [0.2, 0.25) is 0 Å². The highest BCUT2D eigenvalue weighted by Crippen LogP contribution is 2.31. The molecule has 2 aromatic heterocycles. The molecule has 0 fully saturated rings. The molecule has 0 spiro atoms. The Kier molecular flexibility index (Phi) is 5.81. The minimum atomic E-state index is -0.865. The lowest BCUT2D eigenvalue weighted by Crippen LogP contribution is -2.02. The summed E-state index contributed by atoms with van der Waals surface area (Å²) in [6, 6.07) is 16.9. The number of nitrogens with one attached hydrogen (secondary N) is 2. The van der Waals surface area contributed by atoms with Gasteiger partial charge in [0.15, 0.2) is 0 Å². The van der Waals surface area contributed by atoms with E-state index in [-0.39, 0.29) is 11.5 Å². The van der Waals surface area contributed by atoms with Gasteiger partial charge in [-0.1, -0.05) is 24.3 Å². The maximum Gasteiger partial charge on any atom is 0.299 e. The highest BCUT2D eigenvalue weighted by molar-refractivity contribution is 6.00. The van der Waals surface area contributed by atoms with Crippen molar-refractivity contribution in [3.63, 3.8) is 0 Å². The topological polar surface area (TPSA) is 161 Å². The Labute approximate surface area is 201 Å². The number of aromatic amines is 2. The minimum absolute atomic E-state index is 0.0987. The molecule has 5 aromatic rings. The Morgan fingerprint density at radius 3 is 1.56 bits per heavy atom. The SMILES string of the molecule is O=[N+]([O-])Oc1ccc2[nH]cc(N=Cc3ccccc3C=Nc3c[nH]c4ccc(O[N+](=O)[O-])cc34)c2c1. The van der Waals surface area contributed by atoms with Crippen LogP contribution in [0.2, 0.25) is 0 Å². The third kappa shape index (κ3) is 4.72. The van der Waals surface area contributed by atoms with Crippen molar-refractivity contribution in [2.45, 2.75) is 0 Å². The van der Waals surface area contributed by atoms with Crippen molar-refractivity contribution in [1.82, 2.24) is 9.97 Å². The van der Waals surface area contributed by atoms with E-state index in [1.54, 1.807) is 49.1 Å². The molecule has 3 aromatic carbocycles. The van der Waals surface area contributed by atoms with E-state index in [1.807, 2.05) is 24.3 Å². The van der Waals surface area contributed by atoms with Crippen LogP contribution in [0.3, 0.4) is 0 Å². The molecule has 178 valence electrons. The fourth-order valence-corrected chi connectivity index (χ4v) is 3.69. The lowest BCUT2D eigenvalue weighted by molar-refractivity contribution is -0.711.